The van der Waals surface area contributed by atoms with Crippen LogP contribution in [-0.2, 0) is 15.0 Å². The van der Waals surface area contributed by atoms with Gasteiger partial charge in [-0.25, -0.2) is 0 Å². The van der Waals surface area contributed by atoms with Crippen molar-refractivity contribution in [3.05, 3.63) is 45.8 Å². The van der Waals surface area contributed by atoms with Crippen LogP contribution in [0.2, 0.25) is 0 Å². The molecule has 0 radical (unpaired) electrons. The lowest BCUT2D eigenvalue weighted by Crippen LogP contribution is -2.45. The van der Waals surface area contributed by atoms with E-state index in [4.69, 9.17) is 0 Å². The van der Waals surface area contributed by atoms with Crippen molar-refractivity contribution in [1.82, 2.24) is 19.7 Å². The molecule has 7 nitrogen and oxygen atoms in total. The summed E-state index contributed by atoms with van der Waals surface area (Å²) in [5, 5.41) is 0.936. The summed E-state index contributed by atoms with van der Waals surface area (Å²) in [5.41, 5.74) is 4.34. The molecule has 240 valence electrons. The Kier molecular flexibility index (Phi) is 8.18. The lowest BCUT2D eigenvalue weighted by atomic mass is 9.88. The standard InChI is InChI=1S/C37H48N4O3S/c1-23-17-24(2)19-26(18-23)34-33(30(42)22-39-15-11-25(12-16-39)20-32(43)40-13-5-6-14-40)29-21-31(45-35(29)38-34)37(3,4)36(44)41-27-7-8-28(41)10-9-27/h17-19,21,25,27-28,38H,5-16,20,22H2,1-4H3. The maximum absolute atomic E-state index is 14.3. The van der Waals surface area contributed by atoms with Gasteiger partial charge in [-0.15, -0.1) is 11.3 Å². The molecule has 2 aromatic heterocycles. The molecule has 3 aromatic rings. The van der Waals surface area contributed by atoms with Gasteiger partial charge in [-0.2, -0.15) is 0 Å². The SMILES string of the molecule is Cc1cc(C)cc(-c2[nH]c3sc(C(C)(C)C(=O)N4C5CCC4CC5)cc3c2C(=O)CN2CCC(CC(=O)N3CCCC3)CC2)c1. The normalized spacial score (nSPS) is 22.7. The summed E-state index contributed by atoms with van der Waals surface area (Å²) in [7, 11) is 0. The maximum Gasteiger partial charge on any atom is 0.233 e. The second-order valence-corrected chi connectivity index (χ2v) is 15.9. The largest absolute Gasteiger partial charge is 0.346 e. The number of H-pyrrole nitrogens is 1. The average molecular weight is 629 g/mol. The predicted octanol–water partition coefficient (Wildman–Crippen LogP) is 6.85. The summed E-state index contributed by atoms with van der Waals surface area (Å²) in [6.45, 7) is 12.2. The van der Waals surface area contributed by atoms with E-state index in [0.717, 1.165) is 109 Å². The van der Waals surface area contributed by atoms with E-state index in [1.807, 2.05) is 4.90 Å². The molecular weight excluding hydrogens is 580 g/mol. The molecule has 0 atom stereocenters. The highest BCUT2D eigenvalue weighted by Crippen LogP contribution is 2.44. The summed E-state index contributed by atoms with van der Waals surface area (Å²) >= 11 is 1.63. The van der Waals surface area contributed by atoms with Gasteiger partial charge in [0.1, 0.15) is 4.83 Å². The summed E-state index contributed by atoms with van der Waals surface area (Å²) in [4.78, 5) is 53.1. The molecule has 1 aromatic carbocycles. The molecule has 2 bridgehead atoms. The molecule has 0 aliphatic carbocycles. The summed E-state index contributed by atoms with van der Waals surface area (Å²) < 4.78 is 0. The van der Waals surface area contributed by atoms with Gasteiger partial charge in [0.2, 0.25) is 11.8 Å². The summed E-state index contributed by atoms with van der Waals surface area (Å²) in [6, 6.07) is 9.37. The molecule has 4 fully saturated rings. The number of aryl methyl sites for hydroxylation is 2. The number of aromatic amines is 1. The lowest BCUT2D eigenvalue weighted by Gasteiger charge is -2.32. The van der Waals surface area contributed by atoms with Crippen molar-refractivity contribution < 1.29 is 14.4 Å². The number of nitrogens with zero attached hydrogens (tertiary/aromatic N) is 3. The van der Waals surface area contributed by atoms with Crippen molar-refractivity contribution in [3.63, 3.8) is 0 Å². The lowest BCUT2D eigenvalue weighted by molar-refractivity contribution is -0.137. The highest BCUT2D eigenvalue weighted by atomic mass is 32.1. The second-order valence-electron chi connectivity index (χ2n) is 14.8. The number of fused-ring (bicyclic) bond motifs is 3. The minimum atomic E-state index is -0.648. The molecule has 1 N–H and O–H groups in total. The van der Waals surface area contributed by atoms with Crippen molar-refractivity contribution in [2.45, 2.75) is 103 Å². The number of hydrogen-bond acceptors (Lipinski definition) is 5. The van der Waals surface area contributed by atoms with E-state index in [1.54, 1.807) is 11.3 Å². The van der Waals surface area contributed by atoms with Crippen LogP contribution in [0.4, 0.5) is 0 Å². The number of Topliss-reactive ketones (excluding diaryl/α,β-unsaturated/α-hetero) is 1. The highest BCUT2D eigenvalue weighted by molar-refractivity contribution is 7.19. The van der Waals surface area contributed by atoms with Gasteiger partial charge >= 0.3 is 0 Å². The maximum atomic E-state index is 14.3. The first-order valence-corrected chi connectivity index (χ1v) is 18.0. The fraction of sp³-hybridized carbons (Fsp3) is 0.595. The topological polar surface area (TPSA) is 76.7 Å². The zero-order valence-electron chi connectivity index (χ0n) is 27.4. The molecule has 4 aliphatic rings. The number of ketones is 1. The molecule has 8 heteroatoms. The van der Waals surface area contributed by atoms with Gasteiger partial charge in [-0.1, -0.05) is 17.2 Å². The molecule has 0 spiro atoms. The van der Waals surface area contributed by atoms with Gasteiger partial charge in [-0.05, 0) is 122 Å². The van der Waals surface area contributed by atoms with Gasteiger partial charge in [0.05, 0.1) is 23.2 Å². The van der Waals surface area contributed by atoms with E-state index in [1.165, 1.54) is 11.1 Å². The van der Waals surface area contributed by atoms with Crippen molar-refractivity contribution in [3.8, 4) is 11.3 Å². The van der Waals surface area contributed by atoms with Crippen LogP contribution in [0, 0.1) is 19.8 Å². The molecular formula is C37H48N4O3S. The van der Waals surface area contributed by atoms with Gasteiger partial charge in [0, 0.05) is 41.9 Å². The number of amides is 2. The number of piperidine rings is 1. The number of hydrogen-bond donors (Lipinski definition) is 1. The first kappa shape index (κ1) is 30.7. The molecule has 2 amide bonds. The first-order valence-electron chi connectivity index (χ1n) is 17.2. The van der Waals surface area contributed by atoms with Crippen LogP contribution in [0.15, 0.2) is 24.3 Å². The molecule has 0 saturated carbocycles. The van der Waals surface area contributed by atoms with Crippen LogP contribution in [0.25, 0.3) is 21.5 Å². The van der Waals surface area contributed by atoms with E-state index in [0.29, 0.717) is 36.9 Å². The predicted molar refractivity (Wildman–Crippen MR) is 181 cm³/mol. The Bertz CT molecular complexity index is 1580. The van der Waals surface area contributed by atoms with Crippen LogP contribution in [0.1, 0.15) is 98.0 Å². The number of carbonyl (C=O) groups is 3. The Hall–Kier alpha value is -2.97. The molecule has 4 aliphatic heterocycles. The fourth-order valence-corrected chi connectivity index (χ4v) is 9.72. The number of nitrogens with one attached hydrogen (secondary N) is 1. The molecule has 0 unspecified atom stereocenters. The van der Waals surface area contributed by atoms with E-state index in [2.05, 4.69) is 66.7 Å². The number of benzene rings is 1. The van der Waals surface area contributed by atoms with Gasteiger partial charge in [0.25, 0.3) is 0 Å². The van der Waals surface area contributed by atoms with E-state index >= 15 is 0 Å². The quantitative estimate of drug-likeness (QED) is 0.277. The Morgan fingerprint density at radius 2 is 1.49 bits per heavy atom. The number of carbonyl (C=O) groups excluding carboxylic acids is 3. The van der Waals surface area contributed by atoms with Crippen LogP contribution in [0.3, 0.4) is 0 Å². The minimum absolute atomic E-state index is 0.119. The third-order valence-electron chi connectivity index (χ3n) is 11.1. The van der Waals surface area contributed by atoms with Crippen LogP contribution in [0.5, 0.6) is 0 Å². The smallest absolute Gasteiger partial charge is 0.233 e. The van der Waals surface area contributed by atoms with Crippen LogP contribution < -0.4 is 0 Å². The Balaban J connectivity index is 1.14. The number of aromatic nitrogens is 1. The van der Waals surface area contributed by atoms with Crippen molar-refractivity contribution in [1.29, 1.82) is 0 Å². The Labute approximate surface area is 271 Å². The number of thiophene rings is 1. The average Bonchev–Trinajstić information content (AvgIpc) is 3.83. The zero-order chi connectivity index (χ0) is 31.5. The molecule has 7 rings (SSSR count). The van der Waals surface area contributed by atoms with Crippen molar-refractivity contribution in [2.75, 3.05) is 32.7 Å². The van der Waals surface area contributed by atoms with Gasteiger partial charge < -0.3 is 14.8 Å². The van der Waals surface area contributed by atoms with Crippen molar-refractivity contribution in [2.24, 2.45) is 5.92 Å². The van der Waals surface area contributed by atoms with Crippen molar-refractivity contribution >= 4 is 39.2 Å². The first-order chi connectivity index (χ1) is 21.6. The zero-order valence-corrected chi connectivity index (χ0v) is 28.2. The Morgan fingerprint density at radius 1 is 0.867 bits per heavy atom. The number of rotatable bonds is 8. The monoisotopic (exact) mass is 628 g/mol. The summed E-state index contributed by atoms with van der Waals surface area (Å²) in [5.74, 6) is 1.05. The molecule has 6 heterocycles. The van der Waals surface area contributed by atoms with Gasteiger partial charge in [-0.3, -0.25) is 19.3 Å². The minimum Gasteiger partial charge on any atom is -0.346 e. The van der Waals surface area contributed by atoms with E-state index in [-0.39, 0.29) is 11.7 Å². The van der Waals surface area contributed by atoms with E-state index < -0.39 is 5.41 Å². The number of likely N-dealkylation sites (tertiary alicyclic amines) is 2. The highest BCUT2D eigenvalue weighted by Gasteiger charge is 2.47. The second kappa shape index (κ2) is 12.0. The van der Waals surface area contributed by atoms with E-state index in [9.17, 15) is 14.4 Å². The summed E-state index contributed by atoms with van der Waals surface area (Å²) in [6.07, 6.45) is 9.31. The Morgan fingerprint density at radius 3 is 2.11 bits per heavy atom. The third-order valence-corrected chi connectivity index (χ3v) is 12.5. The van der Waals surface area contributed by atoms with Gasteiger partial charge in [0.15, 0.2) is 5.78 Å². The molecule has 45 heavy (non-hydrogen) atoms. The fourth-order valence-electron chi connectivity index (χ4n) is 8.56. The van der Waals surface area contributed by atoms with Crippen LogP contribution >= 0.6 is 11.3 Å². The third kappa shape index (κ3) is 5.78. The van der Waals surface area contributed by atoms with Crippen LogP contribution in [-0.4, -0.2) is 82.1 Å². The molecule has 4 saturated heterocycles.